The van der Waals surface area contributed by atoms with Gasteiger partial charge in [0.2, 0.25) is 5.91 Å². The van der Waals surface area contributed by atoms with Crippen LogP contribution in [0, 0.1) is 5.92 Å². The predicted molar refractivity (Wildman–Crippen MR) is 77.9 cm³/mol. The lowest BCUT2D eigenvalue weighted by Gasteiger charge is -2.14. The summed E-state index contributed by atoms with van der Waals surface area (Å²) in [5.74, 6) is -0.984. The van der Waals surface area contributed by atoms with Crippen molar-refractivity contribution in [1.82, 2.24) is 5.32 Å². The molecule has 8 heteroatoms. The van der Waals surface area contributed by atoms with E-state index in [9.17, 15) is 18.0 Å². The number of nitrogens with two attached hydrogens (primary N) is 1. The van der Waals surface area contributed by atoms with Crippen molar-refractivity contribution in [3.63, 3.8) is 0 Å². The van der Waals surface area contributed by atoms with Gasteiger partial charge in [-0.25, -0.2) is 0 Å². The van der Waals surface area contributed by atoms with Crippen molar-refractivity contribution >= 4 is 18.3 Å². The molecule has 3 N–H and O–H groups in total. The molecule has 0 bridgehead atoms. The molecular formula is C14H18ClF3N2O2. The summed E-state index contributed by atoms with van der Waals surface area (Å²) in [6.07, 6.45) is -4.22. The Labute approximate surface area is 132 Å². The summed E-state index contributed by atoms with van der Waals surface area (Å²) in [6.45, 7) is 2.09. The first-order valence-electron chi connectivity index (χ1n) is 6.67. The van der Waals surface area contributed by atoms with Gasteiger partial charge in [0.15, 0.2) is 0 Å². The average Bonchev–Trinajstić information content (AvgIpc) is 3.17. The normalized spacial score (nSPS) is 21.5. The van der Waals surface area contributed by atoms with Crippen LogP contribution in [-0.2, 0) is 4.79 Å². The SMILES string of the molecule is C[C@@H](CN)NC(=O)C1CC1c1ccccc1OC(F)(F)F.Cl. The minimum Gasteiger partial charge on any atom is -0.405 e. The third kappa shape index (κ3) is 4.78. The van der Waals surface area contributed by atoms with E-state index >= 15 is 0 Å². The number of nitrogens with one attached hydrogen (secondary N) is 1. The number of amides is 1. The van der Waals surface area contributed by atoms with Gasteiger partial charge in [-0.3, -0.25) is 4.79 Å². The number of carbonyl (C=O) groups is 1. The number of rotatable bonds is 5. The zero-order chi connectivity index (χ0) is 15.6. The van der Waals surface area contributed by atoms with Gasteiger partial charge in [-0.05, 0) is 30.9 Å². The van der Waals surface area contributed by atoms with Crippen LogP contribution in [0.2, 0.25) is 0 Å². The summed E-state index contributed by atoms with van der Waals surface area (Å²) < 4.78 is 41.1. The lowest BCUT2D eigenvalue weighted by molar-refractivity contribution is -0.274. The van der Waals surface area contributed by atoms with Gasteiger partial charge in [0.1, 0.15) is 5.75 Å². The highest BCUT2D eigenvalue weighted by Crippen LogP contribution is 2.51. The Morgan fingerprint density at radius 1 is 1.45 bits per heavy atom. The molecule has 1 aliphatic rings. The van der Waals surface area contributed by atoms with Crippen LogP contribution in [0.1, 0.15) is 24.8 Å². The molecule has 1 aromatic rings. The number of para-hydroxylation sites is 1. The van der Waals surface area contributed by atoms with Crippen LogP contribution in [0.5, 0.6) is 5.75 Å². The highest BCUT2D eigenvalue weighted by molar-refractivity contribution is 5.85. The number of benzene rings is 1. The molecule has 0 heterocycles. The molecule has 22 heavy (non-hydrogen) atoms. The molecule has 2 rings (SSSR count). The molecule has 1 saturated carbocycles. The Hall–Kier alpha value is -1.47. The van der Waals surface area contributed by atoms with E-state index in [2.05, 4.69) is 10.1 Å². The largest absolute Gasteiger partial charge is 0.573 e. The second-order valence-corrected chi connectivity index (χ2v) is 5.18. The molecule has 0 radical (unpaired) electrons. The first kappa shape index (κ1) is 18.6. The van der Waals surface area contributed by atoms with Gasteiger partial charge in [-0.2, -0.15) is 0 Å². The van der Waals surface area contributed by atoms with Gasteiger partial charge in [0.05, 0.1) is 0 Å². The Bertz CT molecular complexity index is 525. The van der Waals surface area contributed by atoms with Crippen LogP contribution < -0.4 is 15.8 Å². The van der Waals surface area contributed by atoms with E-state index in [0.29, 0.717) is 18.5 Å². The predicted octanol–water partition coefficient (Wildman–Crippen LogP) is 2.57. The number of alkyl halides is 3. The smallest absolute Gasteiger partial charge is 0.405 e. The van der Waals surface area contributed by atoms with Crippen molar-refractivity contribution in [1.29, 1.82) is 0 Å². The zero-order valence-electron chi connectivity index (χ0n) is 11.9. The quantitative estimate of drug-likeness (QED) is 0.867. The second kappa shape index (κ2) is 7.19. The van der Waals surface area contributed by atoms with Gasteiger partial charge >= 0.3 is 6.36 Å². The minimum absolute atomic E-state index is 0. The molecule has 4 nitrogen and oxygen atoms in total. The van der Waals surface area contributed by atoms with E-state index in [-0.39, 0.29) is 41.9 Å². The molecular weight excluding hydrogens is 321 g/mol. The van der Waals surface area contributed by atoms with Gasteiger partial charge in [0, 0.05) is 18.5 Å². The molecule has 1 aliphatic carbocycles. The highest BCUT2D eigenvalue weighted by Gasteiger charge is 2.46. The summed E-state index contributed by atoms with van der Waals surface area (Å²) in [6, 6.07) is 5.78. The van der Waals surface area contributed by atoms with Crippen molar-refractivity contribution in [3.8, 4) is 5.75 Å². The third-order valence-electron chi connectivity index (χ3n) is 3.41. The molecule has 124 valence electrons. The highest BCUT2D eigenvalue weighted by atomic mass is 35.5. The first-order chi connectivity index (χ1) is 9.81. The molecule has 0 spiro atoms. The van der Waals surface area contributed by atoms with E-state index in [1.807, 2.05) is 0 Å². The van der Waals surface area contributed by atoms with E-state index < -0.39 is 6.36 Å². The molecule has 2 unspecified atom stereocenters. The van der Waals surface area contributed by atoms with Crippen LogP contribution in [-0.4, -0.2) is 24.9 Å². The van der Waals surface area contributed by atoms with Crippen molar-refractivity contribution in [2.24, 2.45) is 11.7 Å². The van der Waals surface area contributed by atoms with Crippen LogP contribution in [0.25, 0.3) is 0 Å². The maximum atomic E-state index is 12.4. The topological polar surface area (TPSA) is 64.3 Å². The fourth-order valence-electron chi connectivity index (χ4n) is 2.24. The molecule has 0 saturated heterocycles. The third-order valence-corrected chi connectivity index (χ3v) is 3.41. The maximum absolute atomic E-state index is 12.4. The van der Waals surface area contributed by atoms with Gasteiger partial charge < -0.3 is 15.8 Å². The van der Waals surface area contributed by atoms with Gasteiger partial charge in [-0.15, -0.1) is 25.6 Å². The summed E-state index contributed by atoms with van der Waals surface area (Å²) in [5, 5.41) is 2.73. The number of hydrogen-bond donors (Lipinski definition) is 2. The molecule has 1 aromatic carbocycles. The molecule has 0 aromatic heterocycles. The van der Waals surface area contributed by atoms with Crippen LogP contribution in [0.15, 0.2) is 24.3 Å². The Balaban J connectivity index is 0.00000242. The fraction of sp³-hybridized carbons (Fsp3) is 0.500. The standard InChI is InChI=1S/C14H17F3N2O2.ClH/c1-8(7-18)19-13(20)11-6-10(11)9-4-2-3-5-12(9)21-14(15,16)17;/h2-5,8,10-11H,6-7,18H2,1H3,(H,19,20);1H/t8-,10?,11?;/m0./s1. The van der Waals surface area contributed by atoms with Crippen molar-refractivity contribution in [3.05, 3.63) is 29.8 Å². The number of halogens is 4. The average molecular weight is 339 g/mol. The second-order valence-electron chi connectivity index (χ2n) is 5.18. The molecule has 1 fully saturated rings. The van der Waals surface area contributed by atoms with Gasteiger partial charge in [0.25, 0.3) is 0 Å². The zero-order valence-corrected chi connectivity index (χ0v) is 12.7. The van der Waals surface area contributed by atoms with Crippen LogP contribution in [0.4, 0.5) is 13.2 Å². The monoisotopic (exact) mass is 338 g/mol. The summed E-state index contributed by atoms with van der Waals surface area (Å²) >= 11 is 0. The summed E-state index contributed by atoms with van der Waals surface area (Å²) in [5.41, 5.74) is 5.83. The Kier molecular flexibility index (Phi) is 6.08. The van der Waals surface area contributed by atoms with Gasteiger partial charge in [-0.1, -0.05) is 18.2 Å². The van der Waals surface area contributed by atoms with Crippen molar-refractivity contribution < 1.29 is 22.7 Å². The van der Waals surface area contributed by atoms with Crippen molar-refractivity contribution in [2.75, 3.05) is 6.54 Å². The summed E-state index contributed by atoms with van der Waals surface area (Å²) in [4.78, 5) is 11.9. The first-order valence-corrected chi connectivity index (χ1v) is 6.67. The van der Waals surface area contributed by atoms with E-state index in [1.54, 1.807) is 19.1 Å². The van der Waals surface area contributed by atoms with E-state index in [1.165, 1.54) is 12.1 Å². The molecule has 3 atom stereocenters. The molecule has 1 amide bonds. The number of hydrogen-bond acceptors (Lipinski definition) is 3. The summed E-state index contributed by atoms with van der Waals surface area (Å²) in [7, 11) is 0. The van der Waals surface area contributed by atoms with E-state index in [0.717, 1.165) is 0 Å². The van der Waals surface area contributed by atoms with E-state index in [4.69, 9.17) is 5.73 Å². The Morgan fingerprint density at radius 2 is 2.09 bits per heavy atom. The lowest BCUT2D eigenvalue weighted by Crippen LogP contribution is -2.38. The minimum atomic E-state index is -4.74. The fourth-order valence-corrected chi connectivity index (χ4v) is 2.24. The maximum Gasteiger partial charge on any atom is 0.573 e. The number of ether oxygens (including phenoxy) is 1. The van der Waals surface area contributed by atoms with Crippen molar-refractivity contribution in [2.45, 2.75) is 31.7 Å². The Morgan fingerprint density at radius 3 is 2.68 bits per heavy atom. The van der Waals surface area contributed by atoms with Crippen LogP contribution in [0.3, 0.4) is 0 Å². The lowest BCUT2D eigenvalue weighted by atomic mass is 10.1. The molecule has 0 aliphatic heterocycles. The number of carbonyl (C=O) groups excluding carboxylic acids is 1. The van der Waals surface area contributed by atoms with Crippen LogP contribution >= 0.6 is 12.4 Å².